The van der Waals surface area contributed by atoms with Crippen LogP contribution in [0.5, 0.6) is 0 Å². The molecule has 0 aromatic carbocycles. The van der Waals surface area contributed by atoms with Crippen LogP contribution in [0.4, 0.5) is 5.95 Å². The summed E-state index contributed by atoms with van der Waals surface area (Å²) in [6.45, 7) is 4.04. The first-order valence-electron chi connectivity index (χ1n) is 8.51. The number of pyridine rings is 1. The van der Waals surface area contributed by atoms with Crippen LogP contribution in [0.1, 0.15) is 24.2 Å². The minimum absolute atomic E-state index is 0.0763. The van der Waals surface area contributed by atoms with Gasteiger partial charge in [-0.1, -0.05) is 6.07 Å². The molecule has 1 saturated carbocycles. The number of aromatic nitrogens is 3. The third kappa shape index (κ3) is 3.12. The topological polar surface area (TPSA) is 60.4 Å². The molecule has 0 N–H and O–H groups in total. The molecule has 6 heteroatoms. The van der Waals surface area contributed by atoms with Crippen LogP contribution in [0.3, 0.4) is 0 Å². The van der Waals surface area contributed by atoms with Crippen LogP contribution in [-0.4, -0.2) is 46.4 Å². The van der Waals surface area contributed by atoms with Gasteiger partial charge in [0.15, 0.2) is 0 Å². The quantitative estimate of drug-likeness (QED) is 0.858. The Morgan fingerprint density at radius 3 is 2.92 bits per heavy atom. The van der Waals surface area contributed by atoms with E-state index in [2.05, 4.69) is 19.9 Å². The summed E-state index contributed by atoms with van der Waals surface area (Å²) in [5, 5.41) is 0. The molecule has 126 valence electrons. The zero-order chi connectivity index (χ0) is 16.4. The van der Waals surface area contributed by atoms with Gasteiger partial charge in [-0.05, 0) is 38.0 Å². The molecular weight excluding hydrogens is 304 g/mol. The van der Waals surface area contributed by atoms with Crippen LogP contribution >= 0.6 is 0 Å². The summed E-state index contributed by atoms with van der Waals surface area (Å²) in [5.74, 6) is 0.789. The van der Waals surface area contributed by atoms with Gasteiger partial charge in [0.2, 0.25) is 5.95 Å². The number of morpholine rings is 1. The Morgan fingerprint density at radius 1 is 1.21 bits per heavy atom. The summed E-state index contributed by atoms with van der Waals surface area (Å²) in [6, 6.07) is 8.15. The zero-order valence-corrected chi connectivity index (χ0v) is 13.8. The van der Waals surface area contributed by atoms with Crippen molar-refractivity contribution in [1.82, 2.24) is 15.0 Å². The van der Waals surface area contributed by atoms with Crippen molar-refractivity contribution in [2.45, 2.75) is 44.6 Å². The summed E-state index contributed by atoms with van der Waals surface area (Å²) in [4.78, 5) is 15.6. The lowest BCUT2D eigenvalue weighted by atomic mass is 10.1. The molecule has 1 aliphatic carbocycles. The van der Waals surface area contributed by atoms with Crippen LogP contribution in [0, 0.1) is 6.92 Å². The van der Waals surface area contributed by atoms with Crippen molar-refractivity contribution in [3.63, 3.8) is 0 Å². The molecule has 1 aliphatic heterocycles. The summed E-state index contributed by atoms with van der Waals surface area (Å²) < 4.78 is 12.2. The summed E-state index contributed by atoms with van der Waals surface area (Å²) in [6.07, 6.45) is 5.79. The maximum atomic E-state index is 6.14. The Kier molecular flexibility index (Phi) is 4.40. The Hall–Kier alpha value is -2.05. The van der Waals surface area contributed by atoms with Gasteiger partial charge in [0.1, 0.15) is 6.10 Å². The van der Waals surface area contributed by atoms with Crippen LogP contribution in [0.25, 0.3) is 0 Å². The second-order valence-electron chi connectivity index (χ2n) is 6.34. The van der Waals surface area contributed by atoms with Crippen LogP contribution in [0.15, 0.2) is 36.7 Å². The SMILES string of the molecule is Cc1cccc(CO[C@@H]2CC[C@@H]3[C@@H]2OCCN3c2ncccn2)n1. The smallest absolute Gasteiger partial charge is 0.225 e. The number of anilines is 1. The van der Waals surface area contributed by atoms with Crippen LogP contribution < -0.4 is 4.90 Å². The molecule has 3 atom stereocenters. The number of hydrogen-bond acceptors (Lipinski definition) is 6. The molecule has 24 heavy (non-hydrogen) atoms. The number of aryl methyl sites for hydroxylation is 1. The van der Waals surface area contributed by atoms with E-state index in [1.807, 2.05) is 31.2 Å². The van der Waals surface area contributed by atoms with Gasteiger partial charge < -0.3 is 14.4 Å². The van der Waals surface area contributed by atoms with E-state index >= 15 is 0 Å². The number of hydrogen-bond donors (Lipinski definition) is 0. The first-order chi connectivity index (χ1) is 11.8. The van der Waals surface area contributed by atoms with E-state index < -0.39 is 0 Å². The predicted octanol–water partition coefficient (Wildman–Crippen LogP) is 2.13. The Morgan fingerprint density at radius 2 is 2.08 bits per heavy atom. The van der Waals surface area contributed by atoms with Crippen molar-refractivity contribution < 1.29 is 9.47 Å². The van der Waals surface area contributed by atoms with Gasteiger partial charge in [0.05, 0.1) is 31.1 Å². The predicted molar refractivity (Wildman–Crippen MR) is 89.7 cm³/mol. The number of nitrogens with zero attached hydrogens (tertiary/aromatic N) is 4. The highest BCUT2D eigenvalue weighted by molar-refractivity contribution is 5.33. The molecule has 2 aromatic rings. The number of rotatable bonds is 4. The van der Waals surface area contributed by atoms with Crippen LogP contribution in [-0.2, 0) is 16.1 Å². The molecule has 0 amide bonds. The molecule has 0 spiro atoms. The number of fused-ring (bicyclic) bond motifs is 1. The highest BCUT2D eigenvalue weighted by atomic mass is 16.5. The zero-order valence-electron chi connectivity index (χ0n) is 13.8. The Labute approximate surface area is 141 Å². The van der Waals surface area contributed by atoms with Crippen molar-refractivity contribution >= 4 is 5.95 Å². The molecule has 4 rings (SSSR count). The van der Waals surface area contributed by atoms with Crippen molar-refractivity contribution in [2.24, 2.45) is 0 Å². The summed E-state index contributed by atoms with van der Waals surface area (Å²) >= 11 is 0. The van der Waals surface area contributed by atoms with E-state index in [0.717, 1.165) is 36.7 Å². The first kappa shape index (κ1) is 15.5. The molecule has 6 nitrogen and oxygen atoms in total. The molecule has 2 fully saturated rings. The van der Waals surface area contributed by atoms with Crippen molar-refractivity contribution in [1.29, 1.82) is 0 Å². The lowest BCUT2D eigenvalue weighted by molar-refractivity contribution is -0.0779. The van der Waals surface area contributed by atoms with E-state index in [1.54, 1.807) is 12.4 Å². The maximum absolute atomic E-state index is 6.14. The molecule has 2 aliphatic rings. The van der Waals surface area contributed by atoms with E-state index in [1.165, 1.54) is 0 Å². The van der Waals surface area contributed by atoms with Gasteiger partial charge >= 0.3 is 0 Å². The minimum atomic E-state index is 0.0763. The fourth-order valence-corrected chi connectivity index (χ4v) is 3.65. The molecule has 0 radical (unpaired) electrons. The standard InChI is InChI=1S/C18H22N4O2/c1-13-4-2-5-14(21-13)12-24-16-7-6-15-17(16)23-11-10-22(15)18-19-8-3-9-20-18/h2-5,8-9,15-17H,6-7,10-12H2,1H3/t15-,16-,17+/m1/s1. The minimum Gasteiger partial charge on any atom is -0.372 e. The van der Waals surface area contributed by atoms with Crippen molar-refractivity contribution in [2.75, 3.05) is 18.1 Å². The largest absolute Gasteiger partial charge is 0.372 e. The summed E-state index contributed by atoms with van der Waals surface area (Å²) in [5.41, 5.74) is 1.99. The normalized spacial score (nSPS) is 26.4. The first-order valence-corrected chi connectivity index (χ1v) is 8.51. The molecular formula is C18H22N4O2. The van der Waals surface area contributed by atoms with Gasteiger partial charge in [0, 0.05) is 24.6 Å². The second-order valence-corrected chi connectivity index (χ2v) is 6.34. The lowest BCUT2D eigenvalue weighted by Crippen LogP contribution is -2.52. The lowest BCUT2D eigenvalue weighted by Gasteiger charge is -2.38. The van der Waals surface area contributed by atoms with Crippen LogP contribution in [0.2, 0.25) is 0 Å². The fraction of sp³-hybridized carbons (Fsp3) is 0.500. The van der Waals surface area contributed by atoms with Gasteiger partial charge in [-0.3, -0.25) is 4.98 Å². The Bertz CT molecular complexity index is 682. The maximum Gasteiger partial charge on any atom is 0.225 e. The van der Waals surface area contributed by atoms with Gasteiger partial charge in [-0.2, -0.15) is 0 Å². The van der Waals surface area contributed by atoms with Gasteiger partial charge in [0.25, 0.3) is 0 Å². The second kappa shape index (κ2) is 6.83. The molecule has 0 bridgehead atoms. The third-order valence-corrected chi connectivity index (χ3v) is 4.74. The molecule has 2 aromatic heterocycles. The van der Waals surface area contributed by atoms with Gasteiger partial charge in [-0.15, -0.1) is 0 Å². The van der Waals surface area contributed by atoms with Crippen molar-refractivity contribution in [3.05, 3.63) is 48.0 Å². The van der Waals surface area contributed by atoms with E-state index in [0.29, 0.717) is 13.2 Å². The third-order valence-electron chi connectivity index (χ3n) is 4.74. The van der Waals surface area contributed by atoms with E-state index in [-0.39, 0.29) is 18.2 Å². The van der Waals surface area contributed by atoms with Crippen molar-refractivity contribution in [3.8, 4) is 0 Å². The average molecular weight is 326 g/mol. The molecule has 0 unspecified atom stereocenters. The fourth-order valence-electron chi connectivity index (χ4n) is 3.65. The average Bonchev–Trinajstić information content (AvgIpc) is 3.04. The molecule has 3 heterocycles. The van der Waals surface area contributed by atoms with E-state index in [4.69, 9.17) is 9.47 Å². The summed E-state index contributed by atoms with van der Waals surface area (Å²) in [7, 11) is 0. The monoisotopic (exact) mass is 326 g/mol. The number of ether oxygens (including phenoxy) is 2. The highest BCUT2D eigenvalue weighted by Crippen LogP contribution is 2.34. The molecule has 1 saturated heterocycles. The highest BCUT2D eigenvalue weighted by Gasteiger charge is 2.44. The van der Waals surface area contributed by atoms with E-state index in [9.17, 15) is 0 Å². The Balaban J connectivity index is 1.43. The van der Waals surface area contributed by atoms with Gasteiger partial charge in [-0.25, -0.2) is 9.97 Å².